The summed E-state index contributed by atoms with van der Waals surface area (Å²) in [6.07, 6.45) is 0. The van der Waals surface area contributed by atoms with Crippen LogP contribution in [-0.2, 0) is 10.0 Å². The van der Waals surface area contributed by atoms with Gasteiger partial charge in [-0.2, -0.15) is 0 Å². The second kappa shape index (κ2) is 9.34. The average molecular weight is 410 g/mol. The molecule has 8 heteroatoms. The minimum Gasteiger partial charge on any atom is -0.351 e. The number of benzene rings is 1. The molecule has 6 nitrogen and oxygen atoms in total. The molecule has 0 spiro atoms. The van der Waals surface area contributed by atoms with E-state index >= 15 is 0 Å². The lowest BCUT2D eigenvalue weighted by molar-refractivity contribution is 0.0940. The van der Waals surface area contributed by atoms with Crippen LogP contribution in [0.15, 0.2) is 46.0 Å². The van der Waals surface area contributed by atoms with Gasteiger partial charge in [0.15, 0.2) is 0 Å². The smallest absolute Gasteiger partial charge is 0.271 e. The van der Waals surface area contributed by atoms with Crippen molar-refractivity contribution in [2.75, 3.05) is 17.8 Å². The minimum atomic E-state index is -3.70. The lowest BCUT2D eigenvalue weighted by Gasteiger charge is -2.30. The van der Waals surface area contributed by atoms with Crippen molar-refractivity contribution < 1.29 is 13.2 Å². The predicted molar refractivity (Wildman–Crippen MR) is 111 cm³/mol. The first-order valence-electron chi connectivity index (χ1n) is 8.91. The largest absolute Gasteiger partial charge is 0.351 e. The highest BCUT2D eigenvalue weighted by Crippen LogP contribution is 2.22. The number of thiophene rings is 1. The summed E-state index contributed by atoms with van der Waals surface area (Å²) in [5.74, 6) is -0.299. The highest BCUT2D eigenvalue weighted by Gasteiger charge is 2.19. The molecule has 148 valence electrons. The zero-order valence-electron chi connectivity index (χ0n) is 16.1. The molecule has 2 rings (SSSR count). The molecule has 0 aliphatic heterocycles. The van der Waals surface area contributed by atoms with Crippen LogP contribution in [0.5, 0.6) is 0 Å². The van der Waals surface area contributed by atoms with Crippen molar-refractivity contribution in [1.29, 1.82) is 0 Å². The monoisotopic (exact) mass is 409 g/mol. The Kier molecular flexibility index (Phi) is 7.41. The molecule has 0 aliphatic rings. The van der Waals surface area contributed by atoms with E-state index in [9.17, 15) is 13.2 Å². The van der Waals surface area contributed by atoms with Gasteiger partial charge in [0.05, 0.1) is 11.3 Å². The molecule has 0 unspecified atom stereocenters. The number of sulfonamides is 1. The lowest BCUT2D eigenvalue weighted by Crippen LogP contribution is -2.42. The Morgan fingerprint density at radius 3 is 2.33 bits per heavy atom. The van der Waals surface area contributed by atoms with Crippen LogP contribution < -0.4 is 10.0 Å². The maximum absolute atomic E-state index is 12.6. The fraction of sp³-hybridized carbons (Fsp3) is 0.421. The summed E-state index contributed by atoms with van der Waals surface area (Å²) < 4.78 is 27.6. The molecule has 0 saturated carbocycles. The van der Waals surface area contributed by atoms with Crippen LogP contribution in [-0.4, -0.2) is 44.4 Å². The summed E-state index contributed by atoms with van der Waals surface area (Å²) in [6, 6.07) is 10.6. The van der Waals surface area contributed by atoms with Crippen LogP contribution >= 0.6 is 11.3 Å². The van der Waals surface area contributed by atoms with Gasteiger partial charge < -0.3 is 5.32 Å². The van der Waals surface area contributed by atoms with E-state index in [1.54, 1.807) is 35.7 Å². The maximum atomic E-state index is 12.6. The molecule has 1 heterocycles. The normalized spacial score (nSPS) is 12.0. The highest BCUT2D eigenvalue weighted by molar-refractivity contribution is 7.94. The number of nitrogens with one attached hydrogen (secondary N) is 2. The third-order valence-corrected chi connectivity index (χ3v) is 6.92. The Labute approximate surface area is 165 Å². The minimum absolute atomic E-state index is 0.210. The van der Waals surface area contributed by atoms with E-state index in [1.165, 1.54) is 6.07 Å². The SMILES string of the molecule is CC(C)N(CCNC(=O)c1ccccc1NS(=O)(=O)c1cccs1)C(C)C. The molecule has 0 radical (unpaired) electrons. The number of para-hydroxylation sites is 1. The van der Waals surface area contributed by atoms with Crippen LogP contribution in [0.3, 0.4) is 0 Å². The number of hydrogen-bond donors (Lipinski definition) is 2. The number of amides is 1. The van der Waals surface area contributed by atoms with E-state index in [2.05, 4.69) is 42.6 Å². The number of rotatable bonds is 9. The third kappa shape index (κ3) is 5.79. The van der Waals surface area contributed by atoms with Gasteiger partial charge in [-0.15, -0.1) is 11.3 Å². The Morgan fingerprint density at radius 1 is 1.07 bits per heavy atom. The molecule has 0 bridgehead atoms. The van der Waals surface area contributed by atoms with Crippen molar-refractivity contribution in [1.82, 2.24) is 10.2 Å². The standard InChI is InChI=1S/C19H27N3O3S2/c1-14(2)22(15(3)4)12-11-20-19(23)16-8-5-6-9-17(16)21-27(24,25)18-10-7-13-26-18/h5-10,13-15,21H,11-12H2,1-4H3,(H,20,23). The van der Waals surface area contributed by atoms with Gasteiger partial charge >= 0.3 is 0 Å². The van der Waals surface area contributed by atoms with Gasteiger partial charge in [-0.3, -0.25) is 14.4 Å². The van der Waals surface area contributed by atoms with Crippen molar-refractivity contribution in [2.45, 2.75) is 44.0 Å². The molecule has 1 aromatic carbocycles. The van der Waals surface area contributed by atoms with Crippen molar-refractivity contribution in [3.05, 3.63) is 47.3 Å². The van der Waals surface area contributed by atoms with Gasteiger partial charge in [-0.1, -0.05) is 18.2 Å². The molecule has 0 aliphatic carbocycles. The summed E-state index contributed by atoms with van der Waals surface area (Å²) in [4.78, 5) is 14.9. The molecule has 0 fully saturated rings. The molecular weight excluding hydrogens is 382 g/mol. The summed E-state index contributed by atoms with van der Waals surface area (Å²) in [5.41, 5.74) is 0.575. The van der Waals surface area contributed by atoms with Crippen LogP contribution in [0, 0.1) is 0 Å². The summed E-state index contributed by atoms with van der Waals surface area (Å²) >= 11 is 1.13. The second-order valence-electron chi connectivity index (χ2n) is 6.76. The molecule has 27 heavy (non-hydrogen) atoms. The average Bonchev–Trinajstić information content (AvgIpc) is 3.13. The molecule has 2 aromatic rings. The number of hydrogen-bond acceptors (Lipinski definition) is 5. The Balaban J connectivity index is 2.07. The van der Waals surface area contributed by atoms with E-state index < -0.39 is 10.0 Å². The molecular formula is C19H27N3O3S2. The third-order valence-electron chi connectivity index (χ3n) is 4.16. The van der Waals surface area contributed by atoms with Gasteiger partial charge in [0, 0.05) is 25.2 Å². The molecule has 2 N–H and O–H groups in total. The first-order valence-corrected chi connectivity index (χ1v) is 11.3. The van der Waals surface area contributed by atoms with Crippen LogP contribution in [0.25, 0.3) is 0 Å². The van der Waals surface area contributed by atoms with E-state index in [0.29, 0.717) is 24.2 Å². The van der Waals surface area contributed by atoms with Gasteiger partial charge in [0.1, 0.15) is 4.21 Å². The van der Waals surface area contributed by atoms with E-state index in [0.717, 1.165) is 17.9 Å². The van der Waals surface area contributed by atoms with Gasteiger partial charge in [-0.25, -0.2) is 8.42 Å². The van der Waals surface area contributed by atoms with Crippen molar-refractivity contribution in [2.24, 2.45) is 0 Å². The van der Waals surface area contributed by atoms with E-state index in [-0.39, 0.29) is 15.8 Å². The summed E-state index contributed by atoms with van der Waals surface area (Å²) in [5, 5.41) is 4.58. The van der Waals surface area contributed by atoms with Crippen molar-refractivity contribution in [3.63, 3.8) is 0 Å². The fourth-order valence-corrected chi connectivity index (χ4v) is 4.96. The topological polar surface area (TPSA) is 78.5 Å². The first kappa shape index (κ1) is 21.4. The zero-order valence-corrected chi connectivity index (χ0v) is 17.7. The van der Waals surface area contributed by atoms with Crippen molar-refractivity contribution >= 4 is 33.0 Å². The number of anilines is 1. The Bertz CT molecular complexity index is 839. The van der Waals surface area contributed by atoms with E-state index in [4.69, 9.17) is 0 Å². The first-order chi connectivity index (χ1) is 12.7. The van der Waals surface area contributed by atoms with Gasteiger partial charge in [0.25, 0.3) is 15.9 Å². The summed E-state index contributed by atoms with van der Waals surface area (Å²) in [6.45, 7) is 9.70. The lowest BCUT2D eigenvalue weighted by atomic mass is 10.1. The van der Waals surface area contributed by atoms with Crippen molar-refractivity contribution in [3.8, 4) is 0 Å². The zero-order chi connectivity index (χ0) is 20.0. The highest BCUT2D eigenvalue weighted by atomic mass is 32.2. The molecule has 0 saturated heterocycles. The Hall–Kier alpha value is -1.90. The number of carbonyl (C=O) groups is 1. The quantitative estimate of drug-likeness (QED) is 0.665. The maximum Gasteiger partial charge on any atom is 0.271 e. The Morgan fingerprint density at radius 2 is 1.74 bits per heavy atom. The molecule has 1 amide bonds. The fourth-order valence-electron chi connectivity index (χ4n) is 2.89. The van der Waals surface area contributed by atoms with Crippen LogP contribution in [0.4, 0.5) is 5.69 Å². The van der Waals surface area contributed by atoms with Crippen LogP contribution in [0.1, 0.15) is 38.1 Å². The molecule has 1 aromatic heterocycles. The number of carbonyl (C=O) groups excluding carboxylic acids is 1. The second-order valence-corrected chi connectivity index (χ2v) is 9.62. The van der Waals surface area contributed by atoms with Gasteiger partial charge in [0.2, 0.25) is 0 Å². The van der Waals surface area contributed by atoms with E-state index in [1.807, 2.05) is 0 Å². The molecule has 0 atom stereocenters. The predicted octanol–water partition coefficient (Wildman–Crippen LogP) is 3.40. The van der Waals surface area contributed by atoms with Crippen LogP contribution in [0.2, 0.25) is 0 Å². The number of nitrogens with zero attached hydrogens (tertiary/aromatic N) is 1. The van der Waals surface area contributed by atoms with Gasteiger partial charge in [-0.05, 0) is 51.3 Å². The summed E-state index contributed by atoms with van der Waals surface area (Å²) in [7, 11) is -3.70.